The first-order valence-electron chi connectivity index (χ1n) is 7.34. The molecular weight excluding hydrogens is 356 g/mol. The molecule has 0 aliphatic carbocycles. The maximum Gasteiger partial charge on any atom is 0.255 e. The van der Waals surface area contributed by atoms with Crippen LogP contribution in [0.4, 0.5) is 5.82 Å². The number of aromatic nitrogens is 1. The fourth-order valence-corrected chi connectivity index (χ4v) is 3.04. The molecule has 6 heteroatoms. The van der Waals surface area contributed by atoms with Gasteiger partial charge in [-0.25, -0.2) is 4.98 Å². The third-order valence-corrected chi connectivity index (χ3v) is 4.56. The Morgan fingerprint density at radius 2 is 1.87 bits per heavy atom. The van der Waals surface area contributed by atoms with Crippen molar-refractivity contribution in [2.24, 2.45) is 0 Å². The first-order chi connectivity index (χ1) is 11.2. The number of benzene rings is 1. The van der Waals surface area contributed by atoms with E-state index >= 15 is 0 Å². The van der Waals surface area contributed by atoms with Gasteiger partial charge < -0.3 is 9.80 Å². The summed E-state index contributed by atoms with van der Waals surface area (Å²) in [5.41, 5.74) is 1.24. The van der Waals surface area contributed by atoms with Gasteiger partial charge in [-0.05, 0) is 40.2 Å². The van der Waals surface area contributed by atoms with Crippen LogP contribution in [-0.4, -0.2) is 42.0 Å². The molecular formula is C17H15BrN4O. The van der Waals surface area contributed by atoms with Crippen LogP contribution in [-0.2, 0) is 0 Å². The van der Waals surface area contributed by atoms with Crippen LogP contribution in [0.5, 0.6) is 0 Å². The van der Waals surface area contributed by atoms with Gasteiger partial charge in [-0.2, -0.15) is 5.26 Å². The second-order valence-electron chi connectivity index (χ2n) is 5.28. The average molecular weight is 371 g/mol. The molecule has 1 amide bonds. The number of nitrogens with zero attached hydrogens (tertiary/aromatic N) is 4. The first-order valence-corrected chi connectivity index (χ1v) is 8.13. The van der Waals surface area contributed by atoms with E-state index in [0.717, 1.165) is 23.4 Å². The number of pyridine rings is 1. The number of nitriles is 1. The van der Waals surface area contributed by atoms with E-state index in [1.165, 1.54) is 0 Å². The van der Waals surface area contributed by atoms with Gasteiger partial charge in [0.1, 0.15) is 11.9 Å². The molecule has 1 aromatic heterocycles. The van der Waals surface area contributed by atoms with E-state index in [4.69, 9.17) is 5.26 Å². The van der Waals surface area contributed by atoms with Crippen molar-refractivity contribution in [2.45, 2.75) is 0 Å². The molecule has 1 aliphatic heterocycles. The van der Waals surface area contributed by atoms with Crippen LogP contribution in [0.15, 0.2) is 47.1 Å². The normalized spacial score (nSPS) is 14.4. The number of carbonyl (C=O) groups excluding carboxylic acids is 1. The standard InChI is InChI=1S/C17H15BrN4O/c18-15-4-2-1-3-14(15)17(23)22-9-7-21(8-10-22)16-6-5-13(11-19)12-20-16/h1-6,12H,7-10H2. The van der Waals surface area contributed by atoms with Crippen LogP contribution in [0.25, 0.3) is 0 Å². The molecule has 0 atom stereocenters. The van der Waals surface area contributed by atoms with Crippen molar-refractivity contribution in [3.8, 4) is 6.07 Å². The lowest BCUT2D eigenvalue weighted by Crippen LogP contribution is -2.49. The fraction of sp³-hybridized carbons (Fsp3) is 0.235. The van der Waals surface area contributed by atoms with Crippen LogP contribution < -0.4 is 4.90 Å². The summed E-state index contributed by atoms with van der Waals surface area (Å²) >= 11 is 3.43. The average Bonchev–Trinajstić information content (AvgIpc) is 2.62. The highest BCUT2D eigenvalue weighted by Crippen LogP contribution is 2.20. The van der Waals surface area contributed by atoms with Gasteiger partial charge in [0.2, 0.25) is 0 Å². The molecule has 1 aromatic carbocycles. The van der Waals surface area contributed by atoms with Gasteiger partial charge in [-0.3, -0.25) is 4.79 Å². The molecule has 1 aliphatic rings. The van der Waals surface area contributed by atoms with Crippen molar-refractivity contribution in [2.75, 3.05) is 31.1 Å². The molecule has 1 saturated heterocycles. The third-order valence-electron chi connectivity index (χ3n) is 3.87. The topological polar surface area (TPSA) is 60.2 Å². The number of hydrogen-bond acceptors (Lipinski definition) is 4. The largest absolute Gasteiger partial charge is 0.353 e. The summed E-state index contributed by atoms with van der Waals surface area (Å²) in [6.45, 7) is 2.77. The zero-order chi connectivity index (χ0) is 16.2. The van der Waals surface area contributed by atoms with Gasteiger partial charge >= 0.3 is 0 Å². The predicted octanol–water partition coefficient (Wildman–Crippen LogP) is 2.68. The number of hydrogen-bond donors (Lipinski definition) is 0. The van der Waals surface area contributed by atoms with Crippen LogP contribution in [0.1, 0.15) is 15.9 Å². The summed E-state index contributed by atoms with van der Waals surface area (Å²) in [5.74, 6) is 0.891. The number of rotatable bonds is 2. The Hall–Kier alpha value is -2.39. The van der Waals surface area contributed by atoms with E-state index in [9.17, 15) is 4.79 Å². The zero-order valence-corrected chi connectivity index (χ0v) is 14.0. The molecule has 2 heterocycles. The van der Waals surface area contributed by atoms with E-state index in [-0.39, 0.29) is 5.91 Å². The summed E-state index contributed by atoms with van der Waals surface area (Å²) in [5, 5.41) is 8.81. The van der Waals surface area contributed by atoms with Crippen LogP contribution in [0.2, 0.25) is 0 Å². The van der Waals surface area contributed by atoms with Crippen molar-refractivity contribution in [1.29, 1.82) is 5.26 Å². The first kappa shape index (κ1) is 15.5. The smallest absolute Gasteiger partial charge is 0.255 e. The molecule has 0 saturated carbocycles. The van der Waals surface area contributed by atoms with Gasteiger partial charge in [0.25, 0.3) is 5.91 Å². The van der Waals surface area contributed by atoms with Gasteiger partial charge in [-0.15, -0.1) is 0 Å². The van der Waals surface area contributed by atoms with Crippen LogP contribution in [0.3, 0.4) is 0 Å². The Morgan fingerprint density at radius 3 is 2.48 bits per heavy atom. The number of halogens is 1. The lowest BCUT2D eigenvalue weighted by molar-refractivity contribution is 0.0745. The molecule has 3 rings (SSSR count). The number of carbonyl (C=O) groups is 1. The number of anilines is 1. The third kappa shape index (κ3) is 3.35. The lowest BCUT2D eigenvalue weighted by Gasteiger charge is -2.35. The molecule has 0 bridgehead atoms. The zero-order valence-electron chi connectivity index (χ0n) is 12.4. The Labute approximate surface area is 143 Å². The summed E-state index contributed by atoms with van der Waals surface area (Å²) in [6.07, 6.45) is 1.58. The Morgan fingerprint density at radius 1 is 1.13 bits per heavy atom. The maximum absolute atomic E-state index is 12.6. The van der Waals surface area contributed by atoms with Crippen molar-refractivity contribution < 1.29 is 4.79 Å². The van der Waals surface area contributed by atoms with Gasteiger partial charge in [0, 0.05) is 36.8 Å². The van der Waals surface area contributed by atoms with E-state index in [0.29, 0.717) is 24.2 Å². The molecule has 0 spiro atoms. The minimum atomic E-state index is 0.0462. The summed E-state index contributed by atoms with van der Waals surface area (Å²) < 4.78 is 0.821. The molecule has 0 unspecified atom stereocenters. The highest BCUT2D eigenvalue weighted by atomic mass is 79.9. The minimum Gasteiger partial charge on any atom is -0.353 e. The van der Waals surface area contributed by atoms with Crippen molar-refractivity contribution >= 4 is 27.7 Å². The highest BCUT2D eigenvalue weighted by molar-refractivity contribution is 9.10. The van der Waals surface area contributed by atoms with Crippen molar-refractivity contribution in [3.63, 3.8) is 0 Å². The lowest BCUT2D eigenvalue weighted by atomic mass is 10.2. The van der Waals surface area contributed by atoms with Gasteiger partial charge in [-0.1, -0.05) is 12.1 Å². The quantitative estimate of drug-likeness (QED) is 0.815. The van der Waals surface area contributed by atoms with E-state index in [1.807, 2.05) is 35.2 Å². The van der Waals surface area contributed by atoms with Crippen molar-refractivity contribution in [1.82, 2.24) is 9.88 Å². The Balaban J connectivity index is 1.65. The maximum atomic E-state index is 12.6. The highest BCUT2D eigenvalue weighted by Gasteiger charge is 2.23. The van der Waals surface area contributed by atoms with Crippen LogP contribution >= 0.6 is 15.9 Å². The number of amides is 1. The molecule has 23 heavy (non-hydrogen) atoms. The molecule has 1 fully saturated rings. The van der Waals surface area contributed by atoms with Crippen LogP contribution in [0, 0.1) is 11.3 Å². The molecule has 5 nitrogen and oxygen atoms in total. The van der Waals surface area contributed by atoms with E-state index in [1.54, 1.807) is 12.3 Å². The predicted molar refractivity (Wildman–Crippen MR) is 91.2 cm³/mol. The van der Waals surface area contributed by atoms with Crippen molar-refractivity contribution in [3.05, 3.63) is 58.2 Å². The Bertz CT molecular complexity index is 746. The Kier molecular flexibility index (Phi) is 4.58. The molecule has 0 N–H and O–H groups in total. The molecule has 116 valence electrons. The van der Waals surface area contributed by atoms with Gasteiger partial charge in [0.05, 0.1) is 11.1 Å². The van der Waals surface area contributed by atoms with Gasteiger partial charge in [0.15, 0.2) is 0 Å². The second-order valence-corrected chi connectivity index (χ2v) is 6.13. The monoisotopic (exact) mass is 370 g/mol. The SMILES string of the molecule is N#Cc1ccc(N2CCN(C(=O)c3ccccc3Br)CC2)nc1. The summed E-state index contributed by atoms with van der Waals surface area (Å²) in [7, 11) is 0. The van der Waals surface area contributed by atoms with E-state index in [2.05, 4.69) is 31.9 Å². The fourth-order valence-electron chi connectivity index (χ4n) is 2.58. The molecule has 2 aromatic rings. The van der Waals surface area contributed by atoms with E-state index < -0.39 is 0 Å². The number of piperazine rings is 1. The molecule has 0 radical (unpaired) electrons. The summed E-state index contributed by atoms with van der Waals surface area (Å²) in [4.78, 5) is 20.9. The summed E-state index contributed by atoms with van der Waals surface area (Å²) in [6, 6.07) is 13.2. The minimum absolute atomic E-state index is 0.0462. The second kappa shape index (κ2) is 6.80.